The quantitative estimate of drug-likeness (QED) is 0.824. The normalized spacial score (nSPS) is 13.1. The number of anilines is 1. The van der Waals surface area contributed by atoms with Gasteiger partial charge in [0.2, 0.25) is 0 Å². The van der Waals surface area contributed by atoms with Gasteiger partial charge >= 0.3 is 0 Å². The number of aryl methyl sites for hydroxylation is 1. The number of ether oxygens (including phenoxy) is 2. The van der Waals surface area contributed by atoms with Gasteiger partial charge in [0.25, 0.3) is 5.91 Å². The largest absolute Gasteiger partial charge is 0.486 e. The average molecular weight is 389 g/mol. The minimum atomic E-state index is -0.202. The molecule has 0 unspecified atom stereocenters. The van der Waals surface area contributed by atoms with Crippen molar-refractivity contribution in [3.8, 4) is 11.5 Å². The summed E-state index contributed by atoms with van der Waals surface area (Å²) in [6.45, 7) is 2.92. The summed E-state index contributed by atoms with van der Waals surface area (Å²) < 4.78 is 11.9. The van der Waals surface area contributed by atoms with Crippen molar-refractivity contribution < 1.29 is 14.3 Å². The van der Waals surface area contributed by atoms with Crippen LogP contribution in [0.1, 0.15) is 15.2 Å². The van der Waals surface area contributed by atoms with Crippen LogP contribution in [-0.4, -0.2) is 19.1 Å². The van der Waals surface area contributed by atoms with Gasteiger partial charge < -0.3 is 14.8 Å². The molecule has 3 rings (SSSR count). The third-order valence-electron chi connectivity index (χ3n) is 2.96. The van der Waals surface area contributed by atoms with Crippen molar-refractivity contribution in [1.82, 2.24) is 0 Å². The Kier molecular flexibility index (Phi) is 4.10. The summed E-state index contributed by atoms with van der Waals surface area (Å²) >= 11 is 11.0. The zero-order chi connectivity index (χ0) is 15.0. The van der Waals surface area contributed by atoms with Crippen LogP contribution in [0.5, 0.6) is 11.5 Å². The molecular formula is C14H11BrClNO3S. The molecule has 0 saturated heterocycles. The molecule has 2 heterocycles. The van der Waals surface area contributed by atoms with E-state index in [0.717, 1.165) is 9.35 Å². The lowest BCUT2D eigenvalue weighted by Gasteiger charge is -2.19. The topological polar surface area (TPSA) is 47.6 Å². The minimum absolute atomic E-state index is 0.202. The van der Waals surface area contributed by atoms with Crippen molar-refractivity contribution in [2.45, 2.75) is 6.92 Å². The smallest absolute Gasteiger partial charge is 0.265 e. The summed E-state index contributed by atoms with van der Waals surface area (Å²) in [6, 6.07) is 5.17. The van der Waals surface area contributed by atoms with Gasteiger partial charge in [-0.1, -0.05) is 11.6 Å². The Morgan fingerprint density at radius 1 is 1.29 bits per heavy atom. The molecular weight excluding hydrogens is 378 g/mol. The second-order valence-electron chi connectivity index (χ2n) is 4.50. The van der Waals surface area contributed by atoms with Gasteiger partial charge in [-0.05, 0) is 34.5 Å². The molecule has 0 fully saturated rings. The van der Waals surface area contributed by atoms with E-state index in [1.54, 1.807) is 12.1 Å². The van der Waals surface area contributed by atoms with Gasteiger partial charge in [-0.25, -0.2) is 0 Å². The Bertz CT molecular complexity index is 697. The van der Waals surface area contributed by atoms with E-state index >= 15 is 0 Å². The highest BCUT2D eigenvalue weighted by Crippen LogP contribution is 2.38. The van der Waals surface area contributed by atoms with Gasteiger partial charge in [0.05, 0.1) is 19.4 Å². The molecule has 2 aromatic rings. The number of nitrogens with one attached hydrogen (secondary N) is 1. The summed E-state index contributed by atoms with van der Waals surface area (Å²) in [5.74, 6) is 0.982. The van der Waals surface area contributed by atoms with Crippen LogP contribution in [0.4, 0.5) is 5.69 Å². The van der Waals surface area contributed by atoms with Gasteiger partial charge in [0.15, 0.2) is 11.5 Å². The third kappa shape index (κ3) is 3.02. The zero-order valence-corrected chi connectivity index (χ0v) is 14.2. The Balaban J connectivity index is 1.85. The molecule has 0 radical (unpaired) electrons. The maximum atomic E-state index is 12.2. The molecule has 21 heavy (non-hydrogen) atoms. The van der Waals surface area contributed by atoms with Crippen molar-refractivity contribution >= 4 is 50.5 Å². The van der Waals surface area contributed by atoms with E-state index in [-0.39, 0.29) is 5.91 Å². The molecule has 7 heteroatoms. The van der Waals surface area contributed by atoms with Crippen LogP contribution in [0.25, 0.3) is 0 Å². The van der Waals surface area contributed by atoms with Crippen LogP contribution in [-0.2, 0) is 0 Å². The third-order valence-corrected chi connectivity index (χ3v) is 5.41. The number of benzene rings is 1. The number of thiophene rings is 1. The molecule has 0 spiro atoms. The fourth-order valence-electron chi connectivity index (χ4n) is 1.92. The second kappa shape index (κ2) is 5.87. The molecule has 4 nitrogen and oxygen atoms in total. The highest BCUT2D eigenvalue weighted by molar-refractivity contribution is 9.11. The maximum Gasteiger partial charge on any atom is 0.265 e. The number of amides is 1. The molecule has 0 atom stereocenters. The number of hydrogen-bond acceptors (Lipinski definition) is 4. The Morgan fingerprint density at radius 3 is 2.57 bits per heavy atom. The number of carbonyl (C=O) groups is 1. The first kappa shape index (κ1) is 14.7. The number of fused-ring (bicyclic) bond motifs is 1. The maximum absolute atomic E-state index is 12.2. The van der Waals surface area contributed by atoms with E-state index < -0.39 is 0 Å². The van der Waals surface area contributed by atoms with E-state index in [9.17, 15) is 4.79 Å². The van der Waals surface area contributed by atoms with Crippen LogP contribution in [0.15, 0.2) is 22.0 Å². The number of carbonyl (C=O) groups excluding carboxylic acids is 1. The summed E-state index contributed by atoms with van der Waals surface area (Å²) in [5, 5.41) is 3.22. The Morgan fingerprint density at radius 2 is 1.95 bits per heavy atom. The standard InChI is InChI=1S/C14H11BrClNO3S/c1-7-4-12(21-13(7)15)14(18)17-9-6-11-10(5-8(9)16)19-2-3-20-11/h4-6H,2-3H2,1H3,(H,17,18). The van der Waals surface area contributed by atoms with Crippen molar-refractivity contribution in [2.75, 3.05) is 18.5 Å². The summed E-state index contributed by atoms with van der Waals surface area (Å²) in [6.07, 6.45) is 0. The molecule has 110 valence electrons. The van der Waals surface area contributed by atoms with Crippen molar-refractivity contribution in [3.63, 3.8) is 0 Å². The first-order valence-electron chi connectivity index (χ1n) is 6.21. The lowest BCUT2D eigenvalue weighted by atomic mass is 10.2. The first-order chi connectivity index (χ1) is 10.0. The van der Waals surface area contributed by atoms with E-state index in [0.29, 0.717) is 40.3 Å². The predicted octanol–water partition coefficient (Wildman–Crippen LogP) is 4.50. The monoisotopic (exact) mass is 387 g/mol. The summed E-state index contributed by atoms with van der Waals surface area (Å²) in [5.41, 5.74) is 1.53. The molecule has 1 aliphatic heterocycles. The predicted molar refractivity (Wildman–Crippen MR) is 87.2 cm³/mol. The van der Waals surface area contributed by atoms with Crippen LogP contribution in [0.3, 0.4) is 0 Å². The van der Waals surface area contributed by atoms with Gasteiger partial charge in [-0.2, -0.15) is 0 Å². The first-order valence-corrected chi connectivity index (χ1v) is 8.20. The Hall–Kier alpha value is -1.24. The Labute approximate surface area is 139 Å². The molecule has 1 aromatic heterocycles. The van der Waals surface area contributed by atoms with Crippen LogP contribution in [0.2, 0.25) is 5.02 Å². The van der Waals surface area contributed by atoms with E-state index in [1.165, 1.54) is 11.3 Å². The van der Waals surface area contributed by atoms with Gasteiger partial charge in [-0.3, -0.25) is 4.79 Å². The van der Waals surface area contributed by atoms with E-state index in [1.807, 2.05) is 13.0 Å². The fourth-order valence-corrected chi connectivity index (χ4v) is 3.55. The minimum Gasteiger partial charge on any atom is -0.486 e. The molecule has 1 aromatic carbocycles. The summed E-state index contributed by atoms with van der Waals surface area (Å²) in [4.78, 5) is 12.9. The van der Waals surface area contributed by atoms with Gasteiger partial charge in [-0.15, -0.1) is 11.3 Å². The van der Waals surface area contributed by atoms with Crippen LogP contribution < -0.4 is 14.8 Å². The SMILES string of the molecule is Cc1cc(C(=O)Nc2cc3c(cc2Cl)OCCO3)sc1Br. The highest BCUT2D eigenvalue weighted by Gasteiger charge is 2.18. The van der Waals surface area contributed by atoms with E-state index in [2.05, 4.69) is 21.2 Å². The van der Waals surface area contributed by atoms with Crippen molar-refractivity contribution in [2.24, 2.45) is 0 Å². The van der Waals surface area contributed by atoms with Crippen LogP contribution in [0, 0.1) is 6.92 Å². The van der Waals surface area contributed by atoms with Crippen LogP contribution >= 0.6 is 38.9 Å². The van der Waals surface area contributed by atoms with Gasteiger partial charge in [0.1, 0.15) is 13.2 Å². The lowest BCUT2D eigenvalue weighted by molar-refractivity contribution is 0.103. The molecule has 1 N–H and O–H groups in total. The number of halogens is 2. The average Bonchev–Trinajstić information content (AvgIpc) is 2.79. The molecule has 1 amide bonds. The molecule has 0 aliphatic carbocycles. The van der Waals surface area contributed by atoms with Gasteiger partial charge in [0, 0.05) is 12.1 Å². The number of hydrogen-bond donors (Lipinski definition) is 1. The molecule has 1 aliphatic rings. The fraction of sp³-hybridized carbons (Fsp3) is 0.214. The number of rotatable bonds is 2. The lowest BCUT2D eigenvalue weighted by Crippen LogP contribution is -2.16. The summed E-state index contributed by atoms with van der Waals surface area (Å²) in [7, 11) is 0. The molecule has 0 saturated carbocycles. The van der Waals surface area contributed by atoms with E-state index in [4.69, 9.17) is 21.1 Å². The van der Waals surface area contributed by atoms with Crippen molar-refractivity contribution in [1.29, 1.82) is 0 Å². The zero-order valence-electron chi connectivity index (χ0n) is 11.0. The van der Waals surface area contributed by atoms with Crippen molar-refractivity contribution in [3.05, 3.63) is 37.4 Å². The molecule has 0 bridgehead atoms. The highest BCUT2D eigenvalue weighted by atomic mass is 79.9. The second-order valence-corrected chi connectivity index (χ2v) is 7.27.